The Hall–Kier alpha value is -1.99. The van der Waals surface area contributed by atoms with Crippen LogP contribution in [-0.4, -0.2) is 37.6 Å². The zero-order valence-electron chi connectivity index (χ0n) is 11.4. The van der Waals surface area contributed by atoms with E-state index in [0.717, 1.165) is 12.0 Å². The second-order valence-corrected chi connectivity index (χ2v) is 4.22. The summed E-state index contributed by atoms with van der Waals surface area (Å²) >= 11 is 0. The second-order valence-electron chi connectivity index (χ2n) is 4.22. The first-order valence-electron chi connectivity index (χ1n) is 6.33. The number of non-ortho nitro benzene ring substituents is 1. The van der Waals surface area contributed by atoms with Crippen molar-refractivity contribution in [3.8, 4) is 0 Å². The Morgan fingerprint density at radius 3 is 2.65 bits per heavy atom. The number of hydrogen-bond donors (Lipinski definition) is 2. The molecule has 0 saturated carbocycles. The highest BCUT2D eigenvalue weighted by atomic mass is 16.6. The van der Waals surface area contributed by atoms with Crippen LogP contribution in [0.3, 0.4) is 0 Å². The summed E-state index contributed by atoms with van der Waals surface area (Å²) in [6.07, 6.45) is 0.782. The molecule has 0 aliphatic heterocycles. The first-order chi connectivity index (χ1) is 9.63. The van der Waals surface area contributed by atoms with Gasteiger partial charge in [-0.3, -0.25) is 14.9 Å². The number of hydrogen-bond acceptors (Lipinski definition) is 5. The lowest BCUT2D eigenvalue weighted by Crippen LogP contribution is -2.34. The summed E-state index contributed by atoms with van der Waals surface area (Å²) in [5.74, 6) is -0.0805. The van der Waals surface area contributed by atoms with Gasteiger partial charge in [0, 0.05) is 38.9 Å². The van der Waals surface area contributed by atoms with E-state index in [-0.39, 0.29) is 18.1 Å². The van der Waals surface area contributed by atoms with Crippen molar-refractivity contribution in [2.75, 3.05) is 26.8 Å². The molecule has 7 nitrogen and oxygen atoms in total. The van der Waals surface area contributed by atoms with Gasteiger partial charge in [0.25, 0.3) is 5.69 Å². The Morgan fingerprint density at radius 1 is 1.35 bits per heavy atom. The molecule has 0 aliphatic carbocycles. The number of ether oxygens (including phenoxy) is 1. The average Bonchev–Trinajstić information content (AvgIpc) is 2.44. The molecule has 0 heterocycles. The molecule has 0 spiro atoms. The molecule has 0 unspecified atom stereocenters. The minimum absolute atomic E-state index is 0.0598. The minimum atomic E-state index is -0.440. The van der Waals surface area contributed by atoms with Crippen LogP contribution in [0.2, 0.25) is 0 Å². The van der Waals surface area contributed by atoms with Gasteiger partial charge < -0.3 is 15.4 Å². The molecule has 0 aliphatic rings. The number of nitro benzene ring substituents is 1. The third-order valence-corrected chi connectivity index (χ3v) is 2.61. The third kappa shape index (κ3) is 6.26. The Kier molecular flexibility index (Phi) is 7.23. The molecule has 1 amide bonds. The van der Waals surface area contributed by atoms with Crippen LogP contribution in [0.4, 0.5) is 5.69 Å². The van der Waals surface area contributed by atoms with E-state index >= 15 is 0 Å². The van der Waals surface area contributed by atoms with Gasteiger partial charge in [-0.05, 0) is 12.0 Å². The smallest absolute Gasteiger partial charge is 0.269 e. The van der Waals surface area contributed by atoms with Gasteiger partial charge in [0.15, 0.2) is 0 Å². The SMILES string of the molecule is COCCCNC(=O)CNCc1ccc([N+](=O)[O-])cc1. The summed E-state index contributed by atoms with van der Waals surface area (Å²) in [6, 6.07) is 6.23. The summed E-state index contributed by atoms with van der Waals surface area (Å²) in [4.78, 5) is 21.5. The molecular weight excluding hydrogens is 262 g/mol. The van der Waals surface area contributed by atoms with E-state index in [0.29, 0.717) is 19.7 Å². The van der Waals surface area contributed by atoms with E-state index in [2.05, 4.69) is 10.6 Å². The van der Waals surface area contributed by atoms with Crippen LogP contribution in [0, 0.1) is 10.1 Å². The van der Waals surface area contributed by atoms with Crippen LogP contribution in [0.25, 0.3) is 0 Å². The van der Waals surface area contributed by atoms with Crippen LogP contribution in [0.1, 0.15) is 12.0 Å². The van der Waals surface area contributed by atoms with Gasteiger partial charge in [-0.15, -0.1) is 0 Å². The van der Waals surface area contributed by atoms with Crippen LogP contribution >= 0.6 is 0 Å². The lowest BCUT2D eigenvalue weighted by molar-refractivity contribution is -0.384. The van der Waals surface area contributed by atoms with Gasteiger partial charge in [0.1, 0.15) is 0 Å². The molecule has 7 heteroatoms. The Morgan fingerprint density at radius 2 is 2.05 bits per heavy atom. The Labute approximate surface area is 117 Å². The van der Waals surface area contributed by atoms with Crippen molar-refractivity contribution >= 4 is 11.6 Å². The van der Waals surface area contributed by atoms with Gasteiger partial charge in [-0.25, -0.2) is 0 Å². The van der Waals surface area contributed by atoms with Crippen molar-refractivity contribution in [3.63, 3.8) is 0 Å². The monoisotopic (exact) mass is 281 g/mol. The number of nitrogens with zero attached hydrogens (tertiary/aromatic N) is 1. The van der Waals surface area contributed by atoms with Gasteiger partial charge in [-0.2, -0.15) is 0 Å². The molecule has 2 N–H and O–H groups in total. The molecule has 0 radical (unpaired) electrons. The first-order valence-corrected chi connectivity index (χ1v) is 6.33. The maximum atomic E-state index is 11.4. The number of benzene rings is 1. The lowest BCUT2D eigenvalue weighted by Gasteiger charge is -2.06. The summed E-state index contributed by atoms with van der Waals surface area (Å²) in [6.45, 7) is 1.91. The average molecular weight is 281 g/mol. The van der Waals surface area contributed by atoms with Crippen molar-refractivity contribution in [1.82, 2.24) is 10.6 Å². The number of rotatable bonds is 9. The first kappa shape index (κ1) is 16.1. The zero-order chi connectivity index (χ0) is 14.8. The van der Waals surface area contributed by atoms with E-state index in [1.54, 1.807) is 19.2 Å². The number of carbonyl (C=O) groups is 1. The molecule has 1 aromatic rings. The summed E-state index contributed by atoms with van der Waals surface area (Å²) < 4.78 is 4.87. The fourth-order valence-corrected chi connectivity index (χ4v) is 1.56. The van der Waals surface area contributed by atoms with Crippen molar-refractivity contribution in [2.24, 2.45) is 0 Å². The highest BCUT2D eigenvalue weighted by molar-refractivity contribution is 5.77. The highest BCUT2D eigenvalue weighted by Crippen LogP contribution is 2.11. The Balaban J connectivity index is 2.20. The van der Waals surface area contributed by atoms with Crippen LogP contribution in [-0.2, 0) is 16.1 Å². The fraction of sp³-hybridized carbons (Fsp3) is 0.462. The molecule has 0 fully saturated rings. The zero-order valence-corrected chi connectivity index (χ0v) is 11.4. The van der Waals surface area contributed by atoms with Gasteiger partial charge in [-0.1, -0.05) is 12.1 Å². The van der Waals surface area contributed by atoms with Gasteiger partial charge >= 0.3 is 0 Å². The number of nitro groups is 1. The summed E-state index contributed by atoms with van der Waals surface area (Å²) in [5, 5.41) is 16.2. The molecule has 1 aromatic carbocycles. The van der Waals surface area contributed by atoms with Crippen molar-refractivity contribution in [3.05, 3.63) is 39.9 Å². The van der Waals surface area contributed by atoms with Crippen LogP contribution < -0.4 is 10.6 Å². The normalized spacial score (nSPS) is 10.2. The van der Waals surface area contributed by atoms with Crippen LogP contribution in [0.5, 0.6) is 0 Å². The molecule has 1 rings (SSSR count). The van der Waals surface area contributed by atoms with E-state index in [4.69, 9.17) is 4.74 Å². The molecule has 0 saturated heterocycles. The predicted molar refractivity (Wildman–Crippen MR) is 74.3 cm³/mol. The molecule has 0 atom stereocenters. The maximum Gasteiger partial charge on any atom is 0.269 e. The van der Waals surface area contributed by atoms with Crippen molar-refractivity contribution in [1.29, 1.82) is 0 Å². The van der Waals surface area contributed by atoms with E-state index in [9.17, 15) is 14.9 Å². The third-order valence-electron chi connectivity index (χ3n) is 2.61. The number of methoxy groups -OCH3 is 1. The number of carbonyl (C=O) groups excluding carboxylic acids is 1. The summed E-state index contributed by atoms with van der Waals surface area (Å²) in [5.41, 5.74) is 0.951. The summed E-state index contributed by atoms with van der Waals surface area (Å²) in [7, 11) is 1.62. The fourth-order valence-electron chi connectivity index (χ4n) is 1.56. The largest absolute Gasteiger partial charge is 0.385 e. The quantitative estimate of drug-likeness (QED) is 0.397. The molecule has 110 valence electrons. The maximum absolute atomic E-state index is 11.4. The lowest BCUT2D eigenvalue weighted by atomic mass is 10.2. The molecule has 0 aromatic heterocycles. The second kappa shape index (κ2) is 9.00. The van der Waals surface area contributed by atoms with E-state index in [1.165, 1.54) is 12.1 Å². The number of nitrogens with one attached hydrogen (secondary N) is 2. The molecule has 0 bridgehead atoms. The van der Waals surface area contributed by atoms with Crippen LogP contribution in [0.15, 0.2) is 24.3 Å². The van der Waals surface area contributed by atoms with E-state index < -0.39 is 4.92 Å². The predicted octanol–water partition coefficient (Wildman–Crippen LogP) is 0.837. The van der Waals surface area contributed by atoms with Crippen molar-refractivity contribution in [2.45, 2.75) is 13.0 Å². The standard InChI is InChI=1S/C13H19N3O4/c1-20-8-2-7-15-13(17)10-14-9-11-3-5-12(6-4-11)16(18)19/h3-6,14H,2,7-10H2,1H3,(H,15,17). The highest BCUT2D eigenvalue weighted by Gasteiger charge is 2.04. The topological polar surface area (TPSA) is 93.5 Å². The van der Waals surface area contributed by atoms with Crippen molar-refractivity contribution < 1.29 is 14.5 Å². The van der Waals surface area contributed by atoms with Gasteiger partial charge in [0.05, 0.1) is 11.5 Å². The molecular formula is C13H19N3O4. The minimum Gasteiger partial charge on any atom is -0.385 e. The number of amides is 1. The Bertz CT molecular complexity index is 434. The van der Waals surface area contributed by atoms with Gasteiger partial charge in [0.2, 0.25) is 5.91 Å². The van der Waals surface area contributed by atoms with E-state index in [1.807, 2.05) is 0 Å². The molecule has 20 heavy (non-hydrogen) atoms.